The monoisotopic (exact) mass is 624 g/mol. The Morgan fingerprint density at radius 2 is 1.09 bits per heavy atom. The molecule has 0 unspecified atom stereocenters. The number of ketones is 1. The van der Waals surface area contributed by atoms with Crippen LogP contribution in [-0.4, -0.2) is 74.0 Å². The zero-order chi connectivity index (χ0) is 33.1. The van der Waals surface area contributed by atoms with Crippen LogP contribution in [0, 0.1) is 6.92 Å². The molecular weight excluding hydrogens is 588 g/mol. The lowest BCUT2D eigenvalue weighted by Crippen LogP contribution is -2.14. The standard InChI is InChI=1S/C32H36N2O11/c1-18-22(15-26(37)43-4)20(11-13-24(35)41-2)28(33-18)31(39)29-23(16-27(38)44-5)21(12-14-25(36)42-3)30(34-29)32(40)45-17-19-9-7-6-8-10-19/h6-10,33-34H,11-17H2,1-5H3. The molecular formula is C32H36N2O11. The van der Waals surface area contributed by atoms with Crippen molar-refractivity contribution in [3.8, 4) is 0 Å². The summed E-state index contributed by atoms with van der Waals surface area (Å²) in [6.45, 7) is 1.59. The van der Waals surface area contributed by atoms with Crippen molar-refractivity contribution in [3.63, 3.8) is 0 Å². The minimum atomic E-state index is -0.816. The number of carbonyl (C=O) groups excluding carboxylic acids is 6. The summed E-state index contributed by atoms with van der Waals surface area (Å²) in [5, 5.41) is 0. The van der Waals surface area contributed by atoms with Crippen LogP contribution >= 0.6 is 0 Å². The Morgan fingerprint density at radius 1 is 0.600 bits per heavy atom. The van der Waals surface area contributed by atoms with Crippen molar-refractivity contribution in [2.45, 2.75) is 52.1 Å². The first-order chi connectivity index (χ1) is 21.5. The fourth-order valence-electron chi connectivity index (χ4n) is 4.85. The molecule has 0 amide bonds. The smallest absolute Gasteiger partial charge is 0.355 e. The highest BCUT2D eigenvalue weighted by atomic mass is 16.5. The van der Waals surface area contributed by atoms with Gasteiger partial charge in [0.05, 0.1) is 52.7 Å². The number of benzene rings is 1. The number of nitrogens with one attached hydrogen (secondary N) is 2. The van der Waals surface area contributed by atoms with Crippen LogP contribution in [-0.2, 0) is 75.2 Å². The van der Waals surface area contributed by atoms with Gasteiger partial charge in [-0.3, -0.25) is 24.0 Å². The normalized spacial score (nSPS) is 10.6. The van der Waals surface area contributed by atoms with Gasteiger partial charge in [0.1, 0.15) is 12.3 Å². The number of aromatic amines is 2. The molecule has 0 radical (unpaired) electrons. The second-order valence-corrected chi connectivity index (χ2v) is 9.96. The molecule has 13 heteroatoms. The van der Waals surface area contributed by atoms with E-state index in [1.807, 2.05) is 6.07 Å². The molecule has 2 aromatic heterocycles. The third-order valence-electron chi connectivity index (χ3n) is 7.23. The maximum Gasteiger partial charge on any atom is 0.355 e. The number of hydrogen-bond acceptors (Lipinski definition) is 11. The van der Waals surface area contributed by atoms with Crippen molar-refractivity contribution >= 4 is 35.6 Å². The summed E-state index contributed by atoms with van der Waals surface area (Å²) in [4.78, 5) is 82.4. The van der Waals surface area contributed by atoms with Crippen LogP contribution in [0.2, 0.25) is 0 Å². The number of H-pyrrole nitrogens is 2. The maximum absolute atomic E-state index is 14.3. The fraction of sp³-hybridized carbons (Fsp3) is 0.375. The molecule has 0 bridgehead atoms. The van der Waals surface area contributed by atoms with Crippen LogP contribution in [0.1, 0.15) is 73.0 Å². The van der Waals surface area contributed by atoms with Crippen LogP contribution in [0.3, 0.4) is 0 Å². The van der Waals surface area contributed by atoms with E-state index in [1.165, 1.54) is 28.4 Å². The molecule has 0 atom stereocenters. The van der Waals surface area contributed by atoms with Crippen LogP contribution in [0.5, 0.6) is 0 Å². The number of carbonyl (C=O) groups is 6. The quantitative estimate of drug-likeness (QED) is 0.144. The predicted octanol–water partition coefficient (Wildman–Crippen LogP) is 2.88. The zero-order valence-electron chi connectivity index (χ0n) is 25.8. The molecule has 2 heterocycles. The summed E-state index contributed by atoms with van der Waals surface area (Å²) in [5.74, 6) is -3.84. The first kappa shape index (κ1) is 34.3. The third-order valence-corrected chi connectivity index (χ3v) is 7.23. The zero-order valence-corrected chi connectivity index (χ0v) is 25.8. The largest absolute Gasteiger partial charge is 0.469 e. The Labute approximate surface area is 259 Å². The second kappa shape index (κ2) is 16.0. The molecule has 3 rings (SSSR count). The van der Waals surface area contributed by atoms with Crippen molar-refractivity contribution < 1.29 is 52.5 Å². The van der Waals surface area contributed by atoms with Crippen molar-refractivity contribution in [1.29, 1.82) is 0 Å². The van der Waals surface area contributed by atoms with Crippen LogP contribution < -0.4 is 0 Å². The average Bonchev–Trinajstić information content (AvgIpc) is 3.57. The molecule has 1 aromatic carbocycles. The van der Waals surface area contributed by atoms with E-state index in [0.29, 0.717) is 16.8 Å². The van der Waals surface area contributed by atoms with E-state index in [4.69, 9.17) is 23.7 Å². The number of aromatic nitrogens is 2. The van der Waals surface area contributed by atoms with Crippen LogP contribution in [0.15, 0.2) is 30.3 Å². The molecule has 45 heavy (non-hydrogen) atoms. The van der Waals surface area contributed by atoms with Crippen LogP contribution in [0.4, 0.5) is 0 Å². The minimum Gasteiger partial charge on any atom is -0.469 e. The SMILES string of the molecule is COC(=O)CCc1c(C(=O)c2[nH]c(C(=O)OCc3ccccc3)c(CCC(=O)OC)c2CC(=O)OC)[nH]c(C)c1CC(=O)OC. The minimum absolute atomic E-state index is 0.0337. The summed E-state index contributed by atoms with van der Waals surface area (Å²) in [6.07, 6.45) is -0.871. The Kier molecular flexibility index (Phi) is 12.2. The summed E-state index contributed by atoms with van der Waals surface area (Å²) in [5.41, 5.74) is 2.16. The highest BCUT2D eigenvalue weighted by Gasteiger charge is 2.32. The number of hydrogen-bond donors (Lipinski definition) is 2. The lowest BCUT2D eigenvalue weighted by atomic mass is 9.95. The van der Waals surface area contributed by atoms with Crippen LogP contribution in [0.25, 0.3) is 0 Å². The van der Waals surface area contributed by atoms with Gasteiger partial charge >= 0.3 is 29.8 Å². The molecule has 3 aromatic rings. The summed E-state index contributed by atoms with van der Waals surface area (Å²) in [6, 6.07) is 8.93. The Morgan fingerprint density at radius 3 is 1.62 bits per heavy atom. The van der Waals surface area contributed by atoms with Gasteiger partial charge in [0.15, 0.2) is 0 Å². The van der Waals surface area contributed by atoms with E-state index in [1.54, 1.807) is 31.2 Å². The summed E-state index contributed by atoms with van der Waals surface area (Å²) in [7, 11) is 4.86. The number of esters is 5. The Balaban J connectivity index is 2.17. The molecule has 0 aliphatic carbocycles. The van der Waals surface area contributed by atoms with Crippen molar-refractivity contribution in [3.05, 3.63) is 80.9 Å². The molecule has 240 valence electrons. The second-order valence-electron chi connectivity index (χ2n) is 9.96. The Bertz CT molecular complexity index is 1570. The van der Waals surface area contributed by atoms with Gasteiger partial charge in [0.2, 0.25) is 5.78 Å². The molecule has 0 aliphatic rings. The lowest BCUT2D eigenvalue weighted by molar-refractivity contribution is -0.141. The van der Waals surface area contributed by atoms with Gasteiger partial charge in [-0.2, -0.15) is 0 Å². The number of methoxy groups -OCH3 is 4. The van der Waals surface area contributed by atoms with E-state index < -0.39 is 42.1 Å². The molecule has 0 fully saturated rings. The fourth-order valence-corrected chi connectivity index (χ4v) is 4.85. The van der Waals surface area contributed by atoms with Gasteiger partial charge in [-0.15, -0.1) is 0 Å². The number of aryl methyl sites for hydroxylation is 1. The molecule has 0 saturated carbocycles. The molecule has 0 aliphatic heterocycles. The Hall–Kier alpha value is -5.20. The molecule has 13 nitrogen and oxygen atoms in total. The van der Waals surface area contributed by atoms with Gasteiger partial charge in [-0.25, -0.2) is 4.79 Å². The van der Waals surface area contributed by atoms with E-state index >= 15 is 0 Å². The van der Waals surface area contributed by atoms with E-state index in [0.717, 1.165) is 5.56 Å². The highest BCUT2D eigenvalue weighted by Crippen LogP contribution is 2.29. The lowest BCUT2D eigenvalue weighted by Gasteiger charge is -2.09. The molecule has 0 spiro atoms. The van der Waals surface area contributed by atoms with Gasteiger partial charge in [0.25, 0.3) is 0 Å². The van der Waals surface area contributed by atoms with E-state index in [9.17, 15) is 28.8 Å². The van der Waals surface area contributed by atoms with Crippen molar-refractivity contribution in [1.82, 2.24) is 9.97 Å². The van der Waals surface area contributed by atoms with Crippen molar-refractivity contribution in [2.75, 3.05) is 28.4 Å². The number of rotatable bonds is 15. The van der Waals surface area contributed by atoms with Crippen molar-refractivity contribution in [2.24, 2.45) is 0 Å². The summed E-state index contributed by atoms with van der Waals surface area (Å²) >= 11 is 0. The van der Waals surface area contributed by atoms with Gasteiger partial charge in [0, 0.05) is 18.5 Å². The highest BCUT2D eigenvalue weighted by molar-refractivity contribution is 6.11. The summed E-state index contributed by atoms with van der Waals surface area (Å²) < 4.78 is 24.7. The van der Waals surface area contributed by atoms with E-state index in [2.05, 4.69) is 9.97 Å². The first-order valence-electron chi connectivity index (χ1n) is 14.0. The number of ether oxygens (including phenoxy) is 5. The molecule has 0 saturated heterocycles. The van der Waals surface area contributed by atoms with Gasteiger partial charge in [-0.1, -0.05) is 30.3 Å². The third kappa shape index (κ3) is 8.68. The molecule has 2 N–H and O–H groups in total. The average molecular weight is 625 g/mol. The van der Waals surface area contributed by atoms with Gasteiger partial charge in [-0.05, 0) is 47.6 Å². The maximum atomic E-state index is 14.3. The van der Waals surface area contributed by atoms with Gasteiger partial charge < -0.3 is 33.7 Å². The topological polar surface area (TPSA) is 180 Å². The first-order valence-corrected chi connectivity index (χ1v) is 14.0. The predicted molar refractivity (Wildman–Crippen MR) is 157 cm³/mol. The van der Waals surface area contributed by atoms with E-state index in [-0.39, 0.29) is 66.9 Å².